The number of rotatable bonds is 4. The Bertz CT molecular complexity index is 978. The molecule has 3 heterocycles. The molecule has 1 aliphatic rings. The number of hydrogen-bond donors (Lipinski definition) is 2. The van der Waals surface area contributed by atoms with Gasteiger partial charge in [-0.25, -0.2) is 0 Å². The molecule has 3 N–H and O–H groups in total. The van der Waals surface area contributed by atoms with Gasteiger partial charge < -0.3 is 19.9 Å². The van der Waals surface area contributed by atoms with Crippen LogP contribution in [0.25, 0.3) is 10.3 Å². The molecule has 26 heavy (non-hydrogen) atoms. The van der Waals surface area contributed by atoms with Crippen LogP contribution in [0.5, 0.6) is 0 Å². The zero-order valence-corrected chi connectivity index (χ0v) is 14.7. The molecule has 0 aliphatic carbocycles. The van der Waals surface area contributed by atoms with Crippen LogP contribution in [0.3, 0.4) is 0 Å². The Balaban J connectivity index is 1.96. The van der Waals surface area contributed by atoms with Crippen LogP contribution in [-0.2, 0) is 23.8 Å². The third-order valence-electron chi connectivity index (χ3n) is 3.73. The van der Waals surface area contributed by atoms with E-state index >= 15 is 0 Å². The van der Waals surface area contributed by atoms with Gasteiger partial charge in [-0.1, -0.05) is 11.3 Å². The van der Waals surface area contributed by atoms with Crippen molar-refractivity contribution < 1.29 is 23.8 Å². The third-order valence-corrected chi connectivity index (χ3v) is 4.67. The minimum absolute atomic E-state index is 0.0842. The van der Waals surface area contributed by atoms with Gasteiger partial charge in [0.2, 0.25) is 5.95 Å². The van der Waals surface area contributed by atoms with Crippen LogP contribution in [-0.4, -0.2) is 45.3 Å². The molecule has 1 fully saturated rings. The molecule has 0 bridgehead atoms. The Morgan fingerprint density at radius 2 is 2.12 bits per heavy atom. The number of nitrogen functional groups attached to an aromatic ring is 1. The van der Waals surface area contributed by atoms with Crippen molar-refractivity contribution in [1.29, 1.82) is 0 Å². The fourth-order valence-electron chi connectivity index (χ4n) is 2.74. The first-order valence-electron chi connectivity index (χ1n) is 7.63. The van der Waals surface area contributed by atoms with Gasteiger partial charge in [0.15, 0.2) is 5.65 Å². The average Bonchev–Trinajstić information content (AvgIpc) is 3.05. The quantitative estimate of drug-likeness (QED) is 0.664. The number of anilines is 1. The Hall–Kier alpha value is -2.73. The van der Waals surface area contributed by atoms with E-state index in [-0.39, 0.29) is 29.3 Å². The number of nitrogens with one attached hydrogen (secondary N) is 1. The number of nitrogens with two attached hydrogens (primary N) is 1. The maximum Gasteiger partial charge on any atom is 0.311 e. The fraction of sp³-hybridized carbons (Fsp3) is 0.500. The topological polar surface area (TPSA) is 156 Å². The van der Waals surface area contributed by atoms with Crippen LogP contribution in [0.15, 0.2) is 9.59 Å². The highest BCUT2D eigenvalue weighted by Gasteiger charge is 2.40. The molecule has 12 heteroatoms. The van der Waals surface area contributed by atoms with Crippen molar-refractivity contribution >= 4 is 39.6 Å². The molecule has 140 valence electrons. The largest absolute Gasteiger partial charge is 0.463 e. The Morgan fingerprint density at radius 3 is 2.77 bits per heavy atom. The first-order chi connectivity index (χ1) is 12.3. The maximum atomic E-state index is 12.4. The number of thiazole rings is 1. The fourth-order valence-corrected chi connectivity index (χ4v) is 3.60. The summed E-state index contributed by atoms with van der Waals surface area (Å²) in [4.78, 5) is 52.5. The number of nitrogens with zero attached hydrogens (tertiary/aromatic N) is 2. The van der Waals surface area contributed by atoms with Gasteiger partial charge in [0, 0.05) is 20.3 Å². The monoisotopic (exact) mass is 384 g/mol. The summed E-state index contributed by atoms with van der Waals surface area (Å²) in [7, 11) is 0. The molecule has 0 saturated carbocycles. The van der Waals surface area contributed by atoms with E-state index in [9.17, 15) is 19.2 Å². The molecule has 3 unspecified atom stereocenters. The van der Waals surface area contributed by atoms with Gasteiger partial charge in [0.1, 0.15) is 29.7 Å². The van der Waals surface area contributed by atoms with E-state index in [1.165, 1.54) is 18.4 Å². The number of hydrogen-bond acceptors (Lipinski definition) is 10. The molecule has 2 aromatic rings. The number of carbonyl (C=O) groups is 2. The molecular formula is C14H16N4O7S. The highest BCUT2D eigenvalue weighted by molar-refractivity contribution is 7.16. The number of H-pyrrole nitrogens is 1. The number of ether oxygens (including phenoxy) is 3. The van der Waals surface area contributed by atoms with Crippen molar-refractivity contribution in [1.82, 2.24) is 14.5 Å². The van der Waals surface area contributed by atoms with Gasteiger partial charge in [0.25, 0.3) is 5.56 Å². The number of fused-ring (bicyclic) bond motifs is 1. The van der Waals surface area contributed by atoms with E-state index in [2.05, 4.69) is 9.97 Å². The molecular weight excluding hydrogens is 368 g/mol. The minimum atomic E-state index is -0.852. The van der Waals surface area contributed by atoms with Crippen molar-refractivity contribution in [2.24, 2.45) is 0 Å². The second-order valence-corrected chi connectivity index (χ2v) is 6.62. The zero-order chi connectivity index (χ0) is 19.0. The summed E-state index contributed by atoms with van der Waals surface area (Å²) in [5.74, 6) is -1.19. The molecule has 0 radical (unpaired) electrons. The molecule has 0 spiro atoms. The predicted molar refractivity (Wildman–Crippen MR) is 89.6 cm³/mol. The number of carbonyl (C=O) groups excluding carboxylic acids is 2. The van der Waals surface area contributed by atoms with E-state index in [4.69, 9.17) is 19.9 Å². The molecule has 11 nitrogen and oxygen atoms in total. The van der Waals surface area contributed by atoms with Gasteiger partial charge in [0.05, 0.1) is 0 Å². The number of aromatic amines is 1. The summed E-state index contributed by atoms with van der Waals surface area (Å²) >= 11 is 0.708. The summed E-state index contributed by atoms with van der Waals surface area (Å²) in [5, 5.41) is 0. The summed E-state index contributed by atoms with van der Waals surface area (Å²) in [5.41, 5.74) is 5.11. The van der Waals surface area contributed by atoms with Crippen molar-refractivity contribution in [3.05, 3.63) is 20.0 Å². The van der Waals surface area contributed by atoms with Crippen LogP contribution in [0.4, 0.5) is 5.95 Å². The van der Waals surface area contributed by atoms with Crippen molar-refractivity contribution in [2.45, 2.75) is 38.7 Å². The van der Waals surface area contributed by atoms with Crippen LogP contribution in [0.1, 0.15) is 26.5 Å². The molecule has 0 amide bonds. The summed E-state index contributed by atoms with van der Waals surface area (Å²) in [6.45, 7) is 2.34. The lowest BCUT2D eigenvalue weighted by molar-refractivity contribution is -0.155. The average molecular weight is 384 g/mol. The number of esters is 2. The van der Waals surface area contributed by atoms with Gasteiger partial charge in [-0.2, -0.15) is 4.98 Å². The molecule has 0 aromatic carbocycles. The van der Waals surface area contributed by atoms with Gasteiger partial charge in [-0.15, -0.1) is 0 Å². The minimum Gasteiger partial charge on any atom is -0.463 e. The predicted octanol–water partition coefficient (Wildman–Crippen LogP) is -0.489. The second-order valence-electron chi connectivity index (χ2n) is 5.66. The Labute approximate surface area is 149 Å². The van der Waals surface area contributed by atoms with Crippen LogP contribution in [0.2, 0.25) is 0 Å². The zero-order valence-electron chi connectivity index (χ0n) is 13.9. The lowest BCUT2D eigenvalue weighted by Crippen LogP contribution is -2.31. The van der Waals surface area contributed by atoms with Crippen molar-refractivity contribution in [3.63, 3.8) is 0 Å². The molecule has 2 aromatic heterocycles. The summed E-state index contributed by atoms with van der Waals surface area (Å²) < 4.78 is 17.2. The first-order valence-corrected chi connectivity index (χ1v) is 8.44. The second kappa shape index (κ2) is 6.88. The normalized spacial score (nSPS) is 22.5. The van der Waals surface area contributed by atoms with Gasteiger partial charge in [-0.05, 0) is 0 Å². The lowest BCUT2D eigenvalue weighted by atomic mass is 10.2. The summed E-state index contributed by atoms with van der Waals surface area (Å²) in [6, 6.07) is 0. The van der Waals surface area contributed by atoms with E-state index in [1.54, 1.807) is 0 Å². The highest BCUT2D eigenvalue weighted by atomic mass is 32.1. The van der Waals surface area contributed by atoms with Crippen LogP contribution < -0.4 is 16.2 Å². The third kappa shape index (κ3) is 3.46. The van der Waals surface area contributed by atoms with Crippen molar-refractivity contribution in [3.8, 4) is 0 Å². The molecule has 3 rings (SSSR count). The van der Waals surface area contributed by atoms with E-state index in [0.717, 1.165) is 0 Å². The van der Waals surface area contributed by atoms with Gasteiger partial charge in [-0.3, -0.25) is 28.7 Å². The number of aromatic nitrogens is 3. The SMILES string of the molecule is CC(=O)OCC1OC(n2c(=O)sc3c(=O)[nH]c(N)nc32)CC1OC(C)=O. The molecule has 1 saturated heterocycles. The summed E-state index contributed by atoms with van der Waals surface area (Å²) in [6.07, 6.45) is -2.20. The maximum absolute atomic E-state index is 12.4. The van der Waals surface area contributed by atoms with Crippen LogP contribution >= 0.6 is 11.3 Å². The Kier molecular flexibility index (Phi) is 4.78. The highest BCUT2D eigenvalue weighted by Crippen LogP contribution is 2.32. The van der Waals surface area contributed by atoms with E-state index in [0.29, 0.717) is 11.3 Å². The lowest BCUT2D eigenvalue weighted by Gasteiger charge is -2.17. The van der Waals surface area contributed by atoms with E-state index in [1.807, 2.05) is 0 Å². The first kappa shape index (κ1) is 18.1. The molecule has 3 atom stereocenters. The van der Waals surface area contributed by atoms with Crippen molar-refractivity contribution in [2.75, 3.05) is 12.3 Å². The molecule has 1 aliphatic heterocycles. The smallest absolute Gasteiger partial charge is 0.311 e. The van der Waals surface area contributed by atoms with Gasteiger partial charge >= 0.3 is 16.8 Å². The standard InChI is InChI=1S/C14H16N4O7S/c1-5(19)23-4-8-7(24-6(2)20)3-9(25-8)18-11-10(26-14(18)22)12(21)17-13(15)16-11/h7-9H,3-4H2,1-2H3,(H3,15,16,17,21). The van der Waals surface area contributed by atoms with Crippen LogP contribution in [0, 0.1) is 0 Å². The van der Waals surface area contributed by atoms with E-state index < -0.39 is 40.8 Å². The Morgan fingerprint density at radius 1 is 1.38 bits per heavy atom.